The third kappa shape index (κ3) is 3.51. The molecule has 0 saturated heterocycles. The Kier molecular flexibility index (Phi) is 4.42. The van der Waals surface area contributed by atoms with Crippen molar-refractivity contribution in [2.75, 3.05) is 0 Å². The molecular weight excluding hydrogens is 236 g/mol. The lowest BCUT2D eigenvalue weighted by atomic mass is 10.1. The van der Waals surface area contributed by atoms with Gasteiger partial charge in [-0.1, -0.05) is 44.9 Å². The van der Waals surface area contributed by atoms with Crippen LogP contribution in [0, 0.1) is 12.3 Å². The first-order valence-corrected chi connectivity index (χ1v) is 9.09. The molecule has 1 aromatic carbocycles. The van der Waals surface area contributed by atoms with Gasteiger partial charge in [-0.05, 0) is 35.8 Å². The Bertz CT molecular complexity index is 473. The molecule has 96 valence electrons. The summed E-state index contributed by atoms with van der Waals surface area (Å²) in [4.78, 5) is 0. The van der Waals surface area contributed by atoms with Crippen LogP contribution < -0.4 is 0 Å². The summed E-state index contributed by atoms with van der Waals surface area (Å²) < 4.78 is 5.99. The van der Waals surface area contributed by atoms with Crippen LogP contribution in [0.4, 0.5) is 0 Å². The predicted octanol–water partition coefficient (Wildman–Crippen LogP) is 4.66. The normalized spacial score (nSPS) is 12.4. The average molecular weight is 258 g/mol. The van der Waals surface area contributed by atoms with Crippen molar-refractivity contribution in [1.29, 1.82) is 0 Å². The van der Waals surface area contributed by atoms with Gasteiger partial charge in [0.25, 0.3) is 0 Å². The first kappa shape index (κ1) is 14.6. The maximum absolute atomic E-state index is 5.99. The molecule has 0 spiro atoms. The van der Waals surface area contributed by atoms with E-state index in [0.717, 1.165) is 11.1 Å². The molecule has 0 heterocycles. The van der Waals surface area contributed by atoms with Gasteiger partial charge >= 0.3 is 0 Å². The molecule has 0 aliphatic heterocycles. The molecule has 0 amide bonds. The van der Waals surface area contributed by atoms with Crippen molar-refractivity contribution in [3.8, 4) is 12.3 Å². The molecule has 1 nitrogen and oxygen atoms in total. The van der Waals surface area contributed by atoms with Gasteiger partial charge < -0.3 is 4.43 Å². The van der Waals surface area contributed by atoms with Gasteiger partial charge in [0.05, 0.1) is 6.26 Å². The van der Waals surface area contributed by atoms with Crippen LogP contribution in [0.1, 0.15) is 31.9 Å². The Balaban J connectivity index is 2.81. The lowest BCUT2D eigenvalue weighted by Gasteiger charge is -2.34. The summed E-state index contributed by atoms with van der Waals surface area (Å²) >= 11 is 0. The van der Waals surface area contributed by atoms with E-state index in [9.17, 15) is 0 Å². The fourth-order valence-electron chi connectivity index (χ4n) is 1.23. The van der Waals surface area contributed by atoms with E-state index in [1.165, 1.54) is 0 Å². The van der Waals surface area contributed by atoms with Gasteiger partial charge in [0.1, 0.15) is 0 Å². The second-order valence-electron chi connectivity index (χ2n) is 5.91. The Morgan fingerprint density at radius 2 is 1.83 bits per heavy atom. The number of benzene rings is 1. The first-order valence-electron chi connectivity index (χ1n) is 6.18. The number of hydrogen-bond donors (Lipinski definition) is 0. The van der Waals surface area contributed by atoms with Crippen LogP contribution in [0.25, 0.3) is 6.08 Å². The van der Waals surface area contributed by atoms with Crippen LogP contribution in [0.15, 0.2) is 30.5 Å². The highest BCUT2D eigenvalue weighted by Crippen LogP contribution is 2.36. The molecule has 0 aliphatic rings. The fourth-order valence-corrected chi connectivity index (χ4v) is 1.99. The molecule has 0 aliphatic carbocycles. The summed E-state index contributed by atoms with van der Waals surface area (Å²) in [5.74, 6) is 2.68. The molecule has 0 unspecified atom stereocenters. The van der Waals surface area contributed by atoms with E-state index >= 15 is 0 Å². The first-order chi connectivity index (χ1) is 8.28. The zero-order chi connectivity index (χ0) is 13.8. The summed E-state index contributed by atoms with van der Waals surface area (Å²) in [6, 6.07) is 7.86. The predicted molar refractivity (Wildman–Crippen MR) is 81.7 cm³/mol. The molecule has 1 aromatic rings. The van der Waals surface area contributed by atoms with Crippen molar-refractivity contribution < 1.29 is 4.43 Å². The third-order valence-corrected chi connectivity index (χ3v) is 7.87. The van der Waals surface area contributed by atoms with Crippen molar-refractivity contribution in [3.63, 3.8) is 0 Å². The van der Waals surface area contributed by atoms with E-state index in [1.807, 2.05) is 30.3 Å². The number of terminal acetylenes is 1. The van der Waals surface area contributed by atoms with Gasteiger partial charge in [0.2, 0.25) is 8.32 Å². The Morgan fingerprint density at radius 3 is 2.39 bits per heavy atom. The van der Waals surface area contributed by atoms with E-state index in [-0.39, 0.29) is 5.04 Å². The van der Waals surface area contributed by atoms with Crippen molar-refractivity contribution in [2.45, 2.75) is 38.9 Å². The second kappa shape index (κ2) is 5.45. The maximum Gasteiger partial charge on any atom is 0.249 e. The minimum atomic E-state index is -1.72. The molecule has 0 radical (unpaired) electrons. The highest BCUT2D eigenvalue weighted by atomic mass is 28.4. The van der Waals surface area contributed by atoms with E-state index in [2.05, 4.69) is 39.8 Å². The van der Waals surface area contributed by atoms with E-state index in [4.69, 9.17) is 10.8 Å². The highest BCUT2D eigenvalue weighted by Gasteiger charge is 2.37. The zero-order valence-electron chi connectivity index (χ0n) is 11.9. The van der Waals surface area contributed by atoms with E-state index < -0.39 is 8.32 Å². The van der Waals surface area contributed by atoms with Gasteiger partial charge in [0.15, 0.2) is 0 Å². The summed E-state index contributed by atoms with van der Waals surface area (Å²) in [6.07, 6.45) is 9.21. The van der Waals surface area contributed by atoms with Gasteiger partial charge in [-0.2, -0.15) is 0 Å². The van der Waals surface area contributed by atoms with Crippen molar-refractivity contribution in [3.05, 3.63) is 41.7 Å². The van der Waals surface area contributed by atoms with Crippen molar-refractivity contribution in [2.24, 2.45) is 0 Å². The number of hydrogen-bond acceptors (Lipinski definition) is 1. The maximum atomic E-state index is 5.99. The standard InChI is InChI=1S/C16H22OSi/c1-7-14-10-8-9-11-15(14)12-13-17-18(5,6)16(2,3)4/h1,8-13H,2-6H3/b13-12+. The second-order valence-corrected chi connectivity index (χ2v) is 10.7. The van der Waals surface area contributed by atoms with Crippen molar-refractivity contribution >= 4 is 14.4 Å². The third-order valence-electron chi connectivity index (χ3n) is 3.53. The topological polar surface area (TPSA) is 9.23 Å². The van der Waals surface area contributed by atoms with Crippen LogP contribution in [0.3, 0.4) is 0 Å². The van der Waals surface area contributed by atoms with Crippen LogP contribution in [-0.2, 0) is 4.43 Å². The van der Waals surface area contributed by atoms with Crippen LogP contribution in [-0.4, -0.2) is 8.32 Å². The fraction of sp³-hybridized carbons (Fsp3) is 0.375. The number of rotatable bonds is 3. The Hall–Kier alpha value is -1.46. The van der Waals surface area contributed by atoms with Crippen LogP contribution in [0.5, 0.6) is 0 Å². The molecule has 0 N–H and O–H groups in total. The van der Waals surface area contributed by atoms with Gasteiger partial charge in [-0.3, -0.25) is 0 Å². The summed E-state index contributed by atoms with van der Waals surface area (Å²) in [6.45, 7) is 11.1. The molecule has 0 fully saturated rings. The molecule has 18 heavy (non-hydrogen) atoms. The van der Waals surface area contributed by atoms with Crippen molar-refractivity contribution in [1.82, 2.24) is 0 Å². The molecule has 0 atom stereocenters. The van der Waals surface area contributed by atoms with Crippen LogP contribution >= 0.6 is 0 Å². The minimum absolute atomic E-state index is 0.211. The molecule has 1 rings (SSSR count). The zero-order valence-corrected chi connectivity index (χ0v) is 12.9. The summed E-state index contributed by atoms with van der Waals surface area (Å²) in [5, 5.41) is 0.211. The quantitative estimate of drug-likeness (QED) is 0.435. The van der Waals surface area contributed by atoms with Crippen LogP contribution in [0.2, 0.25) is 18.1 Å². The largest absolute Gasteiger partial charge is 0.549 e. The SMILES string of the molecule is C#Cc1ccccc1/C=C/O[Si](C)(C)C(C)(C)C. The smallest absolute Gasteiger partial charge is 0.249 e. The molecule has 2 heteroatoms. The summed E-state index contributed by atoms with van der Waals surface area (Å²) in [5.41, 5.74) is 1.92. The van der Waals surface area contributed by atoms with Gasteiger partial charge in [-0.25, -0.2) is 0 Å². The Labute approximate surface area is 112 Å². The van der Waals surface area contributed by atoms with Gasteiger partial charge in [0, 0.05) is 5.56 Å². The lowest BCUT2D eigenvalue weighted by Crippen LogP contribution is -2.39. The highest BCUT2D eigenvalue weighted by molar-refractivity contribution is 6.74. The molecular formula is C16H22OSi. The summed E-state index contributed by atoms with van der Waals surface area (Å²) in [7, 11) is -1.72. The average Bonchev–Trinajstić information content (AvgIpc) is 2.28. The Morgan fingerprint density at radius 1 is 1.22 bits per heavy atom. The van der Waals surface area contributed by atoms with E-state index in [0.29, 0.717) is 0 Å². The van der Waals surface area contributed by atoms with Gasteiger partial charge in [-0.15, -0.1) is 6.42 Å². The lowest BCUT2D eigenvalue weighted by molar-refractivity contribution is 0.433. The molecule has 0 saturated carbocycles. The monoisotopic (exact) mass is 258 g/mol. The molecule has 0 bridgehead atoms. The van der Waals surface area contributed by atoms with E-state index in [1.54, 1.807) is 6.26 Å². The molecule has 0 aromatic heterocycles. The minimum Gasteiger partial charge on any atom is -0.549 e.